The lowest BCUT2D eigenvalue weighted by Gasteiger charge is -2.30. The van der Waals surface area contributed by atoms with E-state index in [9.17, 15) is 4.39 Å². The molecule has 1 unspecified atom stereocenters. The van der Waals surface area contributed by atoms with Crippen molar-refractivity contribution in [1.29, 1.82) is 0 Å². The van der Waals surface area contributed by atoms with E-state index in [1.54, 1.807) is 13.2 Å². The standard InChI is InChI=1S/C12H18FIN2O/c1-4-16(8(2)7-17-3)12-5-9(13)10(14)6-11(12)15/h5-6,8H,4,7,15H2,1-3H3. The van der Waals surface area contributed by atoms with Gasteiger partial charge in [-0.2, -0.15) is 0 Å². The van der Waals surface area contributed by atoms with Gasteiger partial charge in [-0.3, -0.25) is 0 Å². The lowest BCUT2D eigenvalue weighted by Crippen LogP contribution is -2.36. The molecule has 0 bridgehead atoms. The zero-order chi connectivity index (χ0) is 13.0. The highest BCUT2D eigenvalue weighted by Gasteiger charge is 2.17. The summed E-state index contributed by atoms with van der Waals surface area (Å²) in [7, 11) is 1.65. The second-order valence-electron chi connectivity index (χ2n) is 3.92. The van der Waals surface area contributed by atoms with Crippen molar-refractivity contribution in [1.82, 2.24) is 0 Å². The summed E-state index contributed by atoms with van der Waals surface area (Å²) >= 11 is 1.94. The number of nitrogen functional groups attached to an aromatic ring is 1. The van der Waals surface area contributed by atoms with E-state index in [0.29, 0.717) is 15.9 Å². The molecular formula is C12H18FIN2O. The van der Waals surface area contributed by atoms with Crippen LogP contribution in [0.1, 0.15) is 13.8 Å². The molecule has 3 nitrogen and oxygen atoms in total. The van der Waals surface area contributed by atoms with Gasteiger partial charge < -0.3 is 15.4 Å². The molecule has 0 aliphatic rings. The number of anilines is 2. The second-order valence-corrected chi connectivity index (χ2v) is 5.08. The summed E-state index contributed by atoms with van der Waals surface area (Å²) in [5, 5.41) is 0. The molecule has 0 fully saturated rings. The molecule has 0 aromatic heterocycles. The van der Waals surface area contributed by atoms with Crippen molar-refractivity contribution in [2.75, 3.05) is 30.9 Å². The van der Waals surface area contributed by atoms with E-state index in [1.807, 2.05) is 41.3 Å². The zero-order valence-electron chi connectivity index (χ0n) is 10.3. The first-order valence-corrected chi connectivity index (χ1v) is 6.59. The van der Waals surface area contributed by atoms with Crippen LogP contribution in [0, 0.1) is 9.39 Å². The van der Waals surface area contributed by atoms with Gasteiger partial charge in [-0.05, 0) is 42.5 Å². The minimum atomic E-state index is -0.238. The predicted octanol–water partition coefficient (Wildman–Crippen LogP) is 2.87. The van der Waals surface area contributed by atoms with E-state index in [4.69, 9.17) is 10.5 Å². The average Bonchev–Trinajstić information content (AvgIpc) is 2.26. The molecule has 0 saturated carbocycles. The van der Waals surface area contributed by atoms with Crippen LogP contribution in [-0.2, 0) is 4.74 Å². The fourth-order valence-corrected chi connectivity index (χ4v) is 2.34. The van der Waals surface area contributed by atoms with Crippen LogP contribution >= 0.6 is 22.6 Å². The minimum Gasteiger partial charge on any atom is -0.397 e. The van der Waals surface area contributed by atoms with E-state index in [-0.39, 0.29) is 11.9 Å². The number of methoxy groups -OCH3 is 1. The van der Waals surface area contributed by atoms with Crippen molar-refractivity contribution in [2.45, 2.75) is 19.9 Å². The Bertz CT molecular complexity index is 387. The van der Waals surface area contributed by atoms with Crippen LogP contribution in [0.2, 0.25) is 0 Å². The van der Waals surface area contributed by atoms with Gasteiger partial charge in [0.2, 0.25) is 0 Å². The molecule has 2 N–H and O–H groups in total. The number of hydrogen-bond acceptors (Lipinski definition) is 3. The molecule has 0 aliphatic heterocycles. The predicted molar refractivity (Wildman–Crippen MR) is 77.9 cm³/mol. The summed E-state index contributed by atoms with van der Waals surface area (Å²) in [5.74, 6) is -0.238. The van der Waals surface area contributed by atoms with Gasteiger partial charge in [0.25, 0.3) is 0 Å². The SMILES string of the molecule is CCN(c1cc(F)c(I)cc1N)C(C)COC. The highest BCUT2D eigenvalue weighted by atomic mass is 127. The molecule has 5 heteroatoms. The van der Waals surface area contributed by atoms with E-state index < -0.39 is 0 Å². The van der Waals surface area contributed by atoms with Crippen LogP contribution in [0.4, 0.5) is 15.8 Å². The van der Waals surface area contributed by atoms with Gasteiger partial charge in [0, 0.05) is 25.8 Å². The van der Waals surface area contributed by atoms with Crippen LogP contribution in [-0.4, -0.2) is 26.3 Å². The number of nitrogens with two attached hydrogens (primary N) is 1. The third-order valence-corrected chi connectivity index (χ3v) is 3.49. The quantitative estimate of drug-likeness (QED) is 0.654. The Balaban J connectivity index is 3.07. The first-order chi connectivity index (χ1) is 8.01. The fraction of sp³-hybridized carbons (Fsp3) is 0.500. The highest BCUT2D eigenvalue weighted by Crippen LogP contribution is 2.28. The van der Waals surface area contributed by atoms with Gasteiger partial charge in [0.15, 0.2) is 0 Å². The molecule has 1 aromatic rings. The van der Waals surface area contributed by atoms with E-state index >= 15 is 0 Å². The van der Waals surface area contributed by atoms with Crippen LogP contribution in [0.25, 0.3) is 0 Å². The van der Waals surface area contributed by atoms with E-state index in [2.05, 4.69) is 0 Å². The van der Waals surface area contributed by atoms with Crippen molar-refractivity contribution in [2.24, 2.45) is 0 Å². The van der Waals surface area contributed by atoms with Gasteiger partial charge in [-0.1, -0.05) is 0 Å². The van der Waals surface area contributed by atoms with E-state index in [0.717, 1.165) is 12.2 Å². The maximum Gasteiger partial charge on any atom is 0.138 e. The molecule has 0 radical (unpaired) electrons. The fourth-order valence-electron chi connectivity index (χ4n) is 1.85. The van der Waals surface area contributed by atoms with Gasteiger partial charge in [-0.25, -0.2) is 4.39 Å². The van der Waals surface area contributed by atoms with Crippen molar-refractivity contribution in [3.8, 4) is 0 Å². The summed E-state index contributed by atoms with van der Waals surface area (Å²) in [5.41, 5.74) is 7.28. The van der Waals surface area contributed by atoms with E-state index in [1.165, 1.54) is 6.07 Å². The Morgan fingerprint density at radius 3 is 2.71 bits per heavy atom. The highest BCUT2D eigenvalue weighted by molar-refractivity contribution is 14.1. The van der Waals surface area contributed by atoms with Gasteiger partial charge >= 0.3 is 0 Å². The second kappa shape index (κ2) is 6.39. The molecule has 0 spiro atoms. The van der Waals surface area contributed by atoms with Crippen LogP contribution in [0.15, 0.2) is 12.1 Å². The summed E-state index contributed by atoms with van der Waals surface area (Å²) in [6.45, 7) is 5.39. The number of rotatable bonds is 5. The van der Waals surface area contributed by atoms with Gasteiger partial charge in [0.1, 0.15) is 5.82 Å². The minimum absolute atomic E-state index is 0.159. The normalized spacial score (nSPS) is 12.5. The third kappa shape index (κ3) is 3.45. The smallest absolute Gasteiger partial charge is 0.138 e. The van der Waals surface area contributed by atoms with Crippen molar-refractivity contribution in [3.05, 3.63) is 21.5 Å². The lowest BCUT2D eigenvalue weighted by atomic mass is 10.2. The molecule has 96 valence electrons. The Morgan fingerprint density at radius 2 is 2.18 bits per heavy atom. The Hall–Kier alpha value is -0.560. The summed E-state index contributed by atoms with van der Waals surface area (Å²) in [6.07, 6.45) is 0. The molecule has 1 aromatic carbocycles. The maximum atomic E-state index is 13.6. The first kappa shape index (κ1) is 14.5. The Kier molecular flexibility index (Phi) is 5.45. The third-order valence-electron chi connectivity index (χ3n) is 2.66. The van der Waals surface area contributed by atoms with Crippen LogP contribution in [0.3, 0.4) is 0 Å². The topological polar surface area (TPSA) is 38.5 Å². The molecule has 0 saturated heterocycles. The number of benzene rings is 1. The summed E-state index contributed by atoms with van der Waals surface area (Å²) in [4.78, 5) is 2.04. The molecular weight excluding hydrogens is 334 g/mol. The number of nitrogens with zero attached hydrogens (tertiary/aromatic N) is 1. The Labute approximate surface area is 115 Å². The molecule has 1 rings (SSSR count). The van der Waals surface area contributed by atoms with Crippen molar-refractivity contribution >= 4 is 34.0 Å². The number of likely N-dealkylation sites (N-methyl/N-ethyl adjacent to an activating group) is 1. The molecule has 17 heavy (non-hydrogen) atoms. The molecule has 0 aliphatic carbocycles. The molecule has 1 atom stereocenters. The largest absolute Gasteiger partial charge is 0.397 e. The first-order valence-electron chi connectivity index (χ1n) is 5.51. The lowest BCUT2D eigenvalue weighted by molar-refractivity contribution is 0.182. The van der Waals surface area contributed by atoms with Crippen molar-refractivity contribution < 1.29 is 9.13 Å². The molecule has 0 amide bonds. The average molecular weight is 352 g/mol. The number of hydrogen-bond donors (Lipinski definition) is 1. The number of halogens is 2. The van der Waals surface area contributed by atoms with Crippen LogP contribution in [0.5, 0.6) is 0 Å². The summed E-state index contributed by atoms with van der Waals surface area (Å²) < 4.78 is 19.2. The zero-order valence-corrected chi connectivity index (χ0v) is 12.5. The number of ether oxygens (including phenoxy) is 1. The monoisotopic (exact) mass is 352 g/mol. The summed E-state index contributed by atoms with van der Waals surface area (Å²) in [6, 6.07) is 3.31. The van der Waals surface area contributed by atoms with Crippen LogP contribution < -0.4 is 10.6 Å². The maximum absolute atomic E-state index is 13.6. The molecule has 0 heterocycles. The Morgan fingerprint density at radius 1 is 1.53 bits per heavy atom. The van der Waals surface area contributed by atoms with Crippen molar-refractivity contribution in [3.63, 3.8) is 0 Å². The van der Waals surface area contributed by atoms with Gasteiger partial charge in [-0.15, -0.1) is 0 Å². The van der Waals surface area contributed by atoms with Gasteiger partial charge in [0.05, 0.1) is 21.6 Å².